The molecule has 0 atom stereocenters. The highest BCUT2D eigenvalue weighted by molar-refractivity contribution is 6.06. The Balaban J connectivity index is 1.95. The van der Waals surface area contributed by atoms with Crippen LogP contribution in [0.15, 0.2) is 47.6 Å². The van der Waals surface area contributed by atoms with Gasteiger partial charge in [0.25, 0.3) is 5.91 Å². The average molecular weight is 369 g/mol. The molecule has 0 spiro atoms. The van der Waals surface area contributed by atoms with Gasteiger partial charge >= 0.3 is 0 Å². The quantitative estimate of drug-likeness (QED) is 0.580. The minimum atomic E-state index is -0.437. The highest BCUT2D eigenvalue weighted by Crippen LogP contribution is 2.24. The van der Waals surface area contributed by atoms with E-state index in [1.54, 1.807) is 25.1 Å². The maximum absolute atomic E-state index is 12.3. The first-order valence-corrected chi connectivity index (χ1v) is 8.35. The van der Waals surface area contributed by atoms with E-state index in [9.17, 15) is 9.59 Å². The zero-order valence-electron chi connectivity index (χ0n) is 15.8. The van der Waals surface area contributed by atoms with Crippen LogP contribution in [0.2, 0.25) is 0 Å². The van der Waals surface area contributed by atoms with Gasteiger partial charge in [-0.15, -0.1) is 0 Å². The largest absolute Gasteiger partial charge is 0.497 e. The van der Waals surface area contributed by atoms with Crippen molar-refractivity contribution in [3.8, 4) is 11.5 Å². The fourth-order valence-corrected chi connectivity index (χ4v) is 2.31. The van der Waals surface area contributed by atoms with Gasteiger partial charge in [0.05, 0.1) is 26.2 Å². The SMILES string of the molecule is COc1ccc(C(=O)N/N=C(\C)CC(=O)Nc2ccc(C)cc2)c(OC)c1. The first-order chi connectivity index (χ1) is 12.9. The van der Waals surface area contributed by atoms with E-state index in [1.807, 2.05) is 31.2 Å². The first kappa shape index (κ1) is 20.0. The summed E-state index contributed by atoms with van der Waals surface area (Å²) in [5.74, 6) is 0.303. The van der Waals surface area contributed by atoms with Crippen LogP contribution in [0, 0.1) is 6.92 Å². The lowest BCUT2D eigenvalue weighted by molar-refractivity contribution is -0.115. The van der Waals surface area contributed by atoms with Crippen molar-refractivity contribution in [3.05, 3.63) is 53.6 Å². The second-order valence-corrected chi connectivity index (χ2v) is 5.95. The molecule has 142 valence electrons. The Labute approximate surface area is 158 Å². The number of aryl methyl sites for hydroxylation is 1. The molecule has 2 amide bonds. The summed E-state index contributed by atoms with van der Waals surface area (Å²) in [6, 6.07) is 12.3. The summed E-state index contributed by atoms with van der Waals surface area (Å²) in [5, 5.41) is 6.77. The number of nitrogens with one attached hydrogen (secondary N) is 2. The summed E-state index contributed by atoms with van der Waals surface area (Å²) >= 11 is 0. The van der Waals surface area contributed by atoms with Gasteiger partial charge in [0.1, 0.15) is 11.5 Å². The maximum Gasteiger partial charge on any atom is 0.275 e. The molecule has 0 aliphatic heterocycles. The monoisotopic (exact) mass is 369 g/mol. The normalized spacial score (nSPS) is 10.9. The van der Waals surface area contributed by atoms with Crippen molar-refractivity contribution in [1.29, 1.82) is 0 Å². The number of hydrogen-bond acceptors (Lipinski definition) is 5. The van der Waals surface area contributed by atoms with Crippen LogP contribution in [0.3, 0.4) is 0 Å². The van der Waals surface area contributed by atoms with Crippen molar-refractivity contribution in [2.24, 2.45) is 5.10 Å². The number of amides is 2. The van der Waals surface area contributed by atoms with Crippen LogP contribution >= 0.6 is 0 Å². The number of ether oxygens (including phenoxy) is 2. The standard InChI is InChI=1S/C20H23N3O4/c1-13-5-7-15(8-6-13)21-19(24)11-14(2)22-23-20(25)17-10-9-16(26-3)12-18(17)27-4/h5-10,12H,11H2,1-4H3,(H,21,24)(H,23,25)/b22-14+. The third kappa shape index (κ3) is 5.85. The third-order valence-electron chi connectivity index (χ3n) is 3.75. The topological polar surface area (TPSA) is 89.0 Å². The molecule has 2 N–H and O–H groups in total. The zero-order valence-corrected chi connectivity index (χ0v) is 15.8. The van der Waals surface area contributed by atoms with E-state index in [0.717, 1.165) is 5.56 Å². The molecule has 27 heavy (non-hydrogen) atoms. The van der Waals surface area contributed by atoms with Crippen molar-refractivity contribution in [2.45, 2.75) is 20.3 Å². The molecule has 0 aromatic heterocycles. The molecule has 0 saturated heterocycles. The minimum absolute atomic E-state index is 0.0634. The molecule has 2 aromatic rings. The van der Waals surface area contributed by atoms with Gasteiger partial charge in [-0.25, -0.2) is 5.43 Å². The lowest BCUT2D eigenvalue weighted by atomic mass is 10.2. The molecule has 2 rings (SSSR count). The van der Waals surface area contributed by atoms with Crippen molar-refractivity contribution in [3.63, 3.8) is 0 Å². The van der Waals surface area contributed by atoms with E-state index in [-0.39, 0.29) is 12.3 Å². The lowest BCUT2D eigenvalue weighted by Gasteiger charge is -2.09. The van der Waals surface area contributed by atoms with E-state index in [4.69, 9.17) is 9.47 Å². The van der Waals surface area contributed by atoms with Crippen LogP contribution in [0.5, 0.6) is 11.5 Å². The number of hydrazone groups is 1. The minimum Gasteiger partial charge on any atom is -0.497 e. The fourth-order valence-electron chi connectivity index (χ4n) is 2.31. The van der Waals surface area contributed by atoms with Gasteiger partial charge in [-0.1, -0.05) is 17.7 Å². The molecule has 7 heteroatoms. The smallest absolute Gasteiger partial charge is 0.275 e. The fraction of sp³-hybridized carbons (Fsp3) is 0.250. The molecule has 0 saturated carbocycles. The van der Waals surface area contributed by atoms with Crippen molar-refractivity contribution in [1.82, 2.24) is 5.43 Å². The molecule has 7 nitrogen and oxygen atoms in total. The summed E-state index contributed by atoms with van der Waals surface area (Å²) in [7, 11) is 3.00. The predicted molar refractivity (Wildman–Crippen MR) is 105 cm³/mol. The average Bonchev–Trinajstić information content (AvgIpc) is 2.67. The van der Waals surface area contributed by atoms with Gasteiger partial charge in [-0.3, -0.25) is 9.59 Å². The molecule has 0 bridgehead atoms. The van der Waals surface area contributed by atoms with E-state index in [1.165, 1.54) is 14.2 Å². The van der Waals surface area contributed by atoms with E-state index in [2.05, 4.69) is 15.8 Å². The Kier molecular flexibility index (Phi) is 6.93. The Hall–Kier alpha value is -3.35. The van der Waals surface area contributed by atoms with Crippen LogP contribution in [0.1, 0.15) is 29.3 Å². The van der Waals surface area contributed by atoms with Gasteiger partial charge in [-0.2, -0.15) is 5.10 Å². The highest BCUT2D eigenvalue weighted by Gasteiger charge is 2.13. The molecule has 0 heterocycles. The van der Waals surface area contributed by atoms with E-state index in [0.29, 0.717) is 28.5 Å². The van der Waals surface area contributed by atoms with E-state index < -0.39 is 5.91 Å². The molecule has 0 radical (unpaired) electrons. The molecule has 0 unspecified atom stereocenters. The Bertz CT molecular complexity index is 845. The Morgan fingerprint density at radius 2 is 1.74 bits per heavy atom. The van der Waals surface area contributed by atoms with Crippen LogP contribution in [0.4, 0.5) is 5.69 Å². The Morgan fingerprint density at radius 3 is 2.37 bits per heavy atom. The molecule has 0 aliphatic rings. The highest BCUT2D eigenvalue weighted by atomic mass is 16.5. The zero-order chi connectivity index (χ0) is 19.8. The number of benzene rings is 2. The predicted octanol–water partition coefficient (Wildman–Crippen LogP) is 3.15. The maximum atomic E-state index is 12.3. The number of rotatable bonds is 7. The summed E-state index contributed by atoms with van der Waals surface area (Å²) < 4.78 is 10.3. The number of carbonyl (C=O) groups excluding carboxylic acids is 2. The molecular formula is C20H23N3O4. The third-order valence-corrected chi connectivity index (χ3v) is 3.75. The van der Waals surface area contributed by atoms with Gasteiger partial charge in [0, 0.05) is 17.5 Å². The van der Waals surface area contributed by atoms with Gasteiger partial charge in [0.15, 0.2) is 0 Å². The van der Waals surface area contributed by atoms with Crippen molar-refractivity contribution < 1.29 is 19.1 Å². The van der Waals surface area contributed by atoms with Crippen LogP contribution in [-0.4, -0.2) is 31.7 Å². The van der Waals surface area contributed by atoms with Gasteiger partial charge in [0.2, 0.25) is 5.91 Å². The summed E-state index contributed by atoms with van der Waals surface area (Å²) in [6.45, 7) is 3.64. The van der Waals surface area contributed by atoms with Crippen LogP contribution in [-0.2, 0) is 4.79 Å². The van der Waals surface area contributed by atoms with Crippen LogP contribution in [0.25, 0.3) is 0 Å². The summed E-state index contributed by atoms with van der Waals surface area (Å²) in [6.07, 6.45) is 0.0634. The first-order valence-electron chi connectivity index (χ1n) is 8.35. The van der Waals surface area contributed by atoms with Crippen molar-refractivity contribution >= 4 is 23.2 Å². The molecule has 2 aromatic carbocycles. The summed E-state index contributed by atoms with van der Waals surface area (Å²) in [5.41, 5.74) is 5.05. The Morgan fingerprint density at radius 1 is 1.04 bits per heavy atom. The molecular weight excluding hydrogens is 346 g/mol. The number of methoxy groups -OCH3 is 2. The second kappa shape index (κ2) is 9.38. The molecule has 0 aliphatic carbocycles. The van der Waals surface area contributed by atoms with E-state index >= 15 is 0 Å². The van der Waals surface area contributed by atoms with Crippen LogP contribution < -0.4 is 20.2 Å². The summed E-state index contributed by atoms with van der Waals surface area (Å²) in [4.78, 5) is 24.4. The second-order valence-electron chi connectivity index (χ2n) is 5.95. The number of anilines is 1. The van der Waals surface area contributed by atoms with Crippen molar-refractivity contribution in [2.75, 3.05) is 19.5 Å². The lowest BCUT2D eigenvalue weighted by Crippen LogP contribution is -2.22. The number of carbonyl (C=O) groups is 2. The van der Waals surface area contributed by atoms with Gasteiger partial charge in [-0.05, 0) is 38.1 Å². The van der Waals surface area contributed by atoms with Gasteiger partial charge < -0.3 is 14.8 Å². The number of hydrogen-bond donors (Lipinski definition) is 2. The number of nitrogens with zero attached hydrogens (tertiary/aromatic N) is 1. The molecule has 0 fully saturated rings.